The Morgan fingerprint density at radius 1 is 0.535 bits per heavy atom. The summed E-state index contributed by atoms with van der Waals surface area (Å²) in [5.74, 6) is 0. The fourth-order valence-corrected chi connectivity index (χ4v) is 5.83. The van der Waals surface area contributed by atoms with E-state index in [0.29, 0.717) is 13.2 Å². The van der Waals surface area contributed by atoms with Crippen molar-refractivity contribution in [1.29, 1.82) is 0 Å². The van der Waals surface area contributed by atoms with E-state index in [-0.39, 0.29) is 13.2 Å². The van der Waals surface area contributed by atoms with Crippen LogP contribution < -0.4 is 0 Å². The fraction of sp³-hybridized carbons (Fsp3) is 1.00. The van der Waals surface area contributed by atoms with Gasteiger partial charge in [-0.3, -0.25) is 9.05 Å². The van der Waals surface area contributed by atoms with Gasteiger partial charge in [0.1, 0.15) is 12.2 Å². The van der Waals surface area contributed by atoms with E-state index >= 15 is 0 Å². The first-order chi connectivity index (χ1) is 20.9. The van der Waals surface area contributed by atoms with E-state index in [0.717, 1.165) is 25.7 Å². The molecule has 0 aromatic rings. The highest BCUT2D eigenvalue weighted by atomic mass is 31.2. The molecule has 0 aliphatic rings. The van der Waals surface area contributed by atoms with Crippen LogP contribution in [0.25, 0.3) is 0 Å². The molecule has 0 aromatic carbocycles. The molecule has 3 atom stereocenters. The molecule has 0 heterocycles. The third-order valence-electron chi connectivity index (χ3n) is 7.86. The minimum atomic E-state index is -4.37. The van der Waals surface area contributed by atoms with Crippen molar-refractivity contribution in [2.75, 3.05) is 39.6 Å². The van der Waals surface area contributed by atoms with Crippen molar-refractivity contribution in [2.24, 2.45) is 0 Å². The van der Waals surface area contributed by atoms with Gasteiger partial charge in [0.2, 0.25) is 0 Å². The molecule has 8 nitrogen and oxygen atoms in total. The van der Waals surface area contributed by atoms with Crippen LogP contribution >= 0.6 is 7.82 Å². The average Bonchev–Trinajstić information content (AvgIpc) is 3.00. The zero-order chi connectivity index (χ0) is 31.7. The number of ether oxygens (including phenoxy) is 2. The predicted molar refractivity (Wildman–Crippen MR) is 178 cm³/mol. The zero-order valence-electron chi connectivity index (χ0n) is 28.2. The summed E-state index contributed by atoms with van der Waals surface area (Å²) < 4.78 is 33.8. The molecule has 0 aromatic heterocycles. The Hall–Kier alpha value is -0.0500. The third kappa shape index (κ3) is 33.1. The Labute approximate surface area is 265 Å². The standard InChI is InChI=1S/C34H71O8P/c1-3-5-7-9-11-13-15-17-19-21-23-25-27-39-31-34(32-42-43(37,38)41-30-33(36)29-35)40-28-26-24-22-20-18-16-14-12-10-8-6-4-2/h33-36H,3-32H2,1-2H3,(H,37,38)/t33?,34-/m1/s1. The average molecular weight is 639 g/mol. The van der Waals surface area contributed by atoms with E-state index in [1.807, 2.05) is 0 Å². The molecule has 0 saturated heterocycles. The van der Waals surface area contributed by atoms with E-state index in [2.05, 4.69) is 13.8 Å². The maximum atomic E-state index is 12.2. The molecule has 260 valence electrons. The zero-order valence-corrected chi connectivity index (χ0v) is 29.1. The van der Waals surface area contributed by atoms with Gasteiger partial charge in [-0.2, -0.15) is 0 Å². The van der Waals surface area contributed by atoms with E-state index in [4.69, 9.17) is 23.6 Å². The van der Waals surface area contributed by atoms with Gasteiger partial charge in [-0.05, 0) is 12.8 Å². The SMILES string of the molecule is CCCCCCCCCCCCCCOC[C@H](COP(=O)(O)OCC(O)CO)OCCCCCCCCCCCCCC. The molecule has 0 amide bonds. The number of phosphoric acid groups is 1. The Bertz CT molecular complexity index is 595. The van der Waals surface area contributed by atoms with Gasteiger partial charge in [0, 0.05) is 13.2 Å². The summed E-state index contributed by atoms with van der Waals surface area (Å²) in [6.45, 7) is 4.80. The van der Waals surface area contributed by atoms with Crippen molar-refractivity contribution in [3.8, 4) is 0 Å². The van der Waals surface area contributed by atoms with Crippen LogP contribution in [0, 0.1) is 0 Å². The van der Waals surface area contributed by atoms with Gasteiger partial charge in [-0.25, -0.2) is 4.57 Å². The van der Waals surface area contributed by atoms with E-state index in [9.17, 15) is 14.6 Å². The lowest BCUT2D eigenvalue weighted by Gasteiger charge is -2.20. The topological polar surface area (TPSA) is 115 Å². The van der Waals surface area contributed by atoms with Crippen molar-refractivity contribution in [3.05, 3.63) is 0 Å². The highest BCUT2D eigenvalue weighted by molar-refractivity contribution is 7.47. The third-order valence-corrected chi connectivity index (χ3v) is 8.81. The first-order valence-corrected chi connectivity index (χ1v) is 19.5. The number of aliphatic hydroxyl groups is 2. The van der Waals surface area contributed by atoms with Crippen molar-refractivity contribution >= 4 is 7.82 Å². The van der Waals surface area contributed by atoms with Crippen molar-refractivity contribution in [1.82, 2.24) is 0 Å². The Morgan fingerprint density at radius 3 is 1.33 bits per heavy atom. The van der Waals surface area contributed by atoms with Crippen molar-refractivity contribution in [2.45, 2.75) is 180 Å². The molecule has 0 aliphatic heterocycles. The Morgan fingerprint density at radius 2 is 0.907 bits per heavy atom. The first-order valence-electron chi connectivity index (χ1n) is 18.0. The summed E-state index contributed by atoms with van der Waals surface area (Å²) >= 11 is 0. The summed E-state index contributed by atoms with van der Waals surface area (Å²) in [6, 6.07) is 0. The molecule has 43 heavy (non-hydrogen) atoms. The molecular weight excluding hydrogens is 567 g/mol. The second-order valence-corrected chi connectivity index (χ2v) is 13.7. The van der Waals surface area contributed by atoms with Crippen LogP contribution in [0.1, 0.15) is 168 Å². The lowest BCUT2D eigenvalue weighted by molar-refractivity contribution is -0.0462. The first kappa shape index (κ1) is 43.0. The van der Waals surface area contributed by atoms with Crippen LogP contribution in [0.4, 0.5) is 0 Å². The van der Waals surface area contributed by atoms with Gasteiger partial charge < -0.3 is 24.6 Å². The van der Waals surface area contributed by atoms with Crippen LogP contribution in [-0.4, -0.2) is 67.0 Å². The normalized spacial score (nSPS) is 14.6. The summed E-state index contributed by atoms with van der Waals surface area (Å²) in [6.07, 6.45) is 29.0. The summed E-state index contributed by atoms with van der Waals surface area (Å²) in [5.41, 5.74) is 0. The highest BCUT2D eigenvalue weighted by Crippen LogP contribution is 2.43. The van der Waals surface area contributed by atoms with Gasteiger partial charge in [0.15, 0.2) is 0 Å². The van der Waals surface area contributed by atoms with E-state index < -0.39 is 33.2 Å². The molecule has 3 N–H and O–H groups in total. The Kier molecular flexibility index (Phi) is 33.3. The molecule has 0 spiro atoms. The number of unbranched alkanes of at least 4 members (excludes halogenated alkanes) is 22. The molecule has 0 bridgehead atoms. The van der Waals surface area contributed by atoms with Gasteiger partial charge in [0.05, 0.1) is 26.4 Å². The molecule has 0 saturated carbocycles. The van der Waals surface area contributed by atoms with Crippen molar-refractivity contribution < 1.29 is 38.2 Å². The van der Waals surface area contributed by atoms with Crippen LogP contribution in [0.2, 0.25) is 0 Å². The number of hydrogen-bond donors (Lipinski definition) is 3. The lowest BCUT2D eigenvalue weighted by atomic mass is 10.1. The maximum Gasteiger partial charge on any atom is 0.472 e. The second kappa shape index (κ2) is 33.3. The summed E-state index contributed by atoms with van der Waals surface area (Å²) in [7, 11) is -4.37. The fourth-order valence-electron chi connectivity index (χ4n) is 5.04. The van der Waals surface area contributed by atoms with Crippen LogP contribution in [0.5, 0.6) is 0 Å². The smallest absolute Gasteiger partial charge is 0.394 e. The molecule has 9 heteroatoms. The van der Waals surface area contributed by atoms with E-state index in [1.165, 1.54) is 128 Å². The largest absolute Gasteiger partial charge is 0.472 e. The van der Waals surface area contributed by atoms with Gasteiger partial charge in [-0.15, -0.1) is 0 Å². The molecule has 0 fully saturated rings. The van der Waals surface area contributed by atoms with Crippen LogP contribution in [0.15, 0.2) is 0 Å². The van der Waals surface area contributed by atoms with Crippen molar-refractivity contribution in [3.63, 3.8) is 0 Å². The monoisotopic (exact) mass is 638 g/mol. The molecule has 0 aliphatic carbocycles. The van der Waals surface area contributed by atoms with Gasteiger partial charge in [0.25, 0.3) is 0 Å². The molecule has 0 rings (SSSR count). The van der Waals surface area contributed by atoms with Gasteiger partial charge >= 0.3 is 7.82 Å². The number of hydrogen-bond acceptors (Lipinski definition) is 7. The minimum Gasteiger partial charge on any atom is -0.394 e. The lowest BCUT2D eigenvalue weighted by Crippen LogP contribution is -2.27. The number of aliphatic hydroxyl groups excluding tert-OH is 2. The molecular formula is C34H71O8P. The number of phosphoric ester groups is 1. The maximum absolute atomic E-state index is 12.2. The van der Waals surface area contributed by atoms with Crippen LogP contribution in [-0.2, 0) is 23.1 Å². The quantitative estimate of drug-likeness (QED) is 0.0460. The summed E-state index contributed by atoms with van der Waals surface area (Å²) in [5, 5.41) is 18.2. The van der Waals surface area contributed by atoms with E-state index in [1.54, 1.807) is 0 Å². The Balaban J connectivity index is 4.08. The second-order valence-electron chi connectivity index (χ2n) is 12.2. The predicted octanol–water partition coefficient (Wildman–Crippen LogP) is 9.28. The summed E-state index contributed by atoms with van der Waals surface area (Å²) in [4.78, 5) is 9.91. The minimum absolute atomic E-state index is 0.139. The highest BCUT2D eigenvalue weighted by Gasteiger charge is 2.25. The molecule has 2 unspecified atom stereocenters. The van der Waals surface area contributed by atoms with Crippen LogP contribution in [0.3, 0.4) is 0 Å². The van der Waals surface area contributed by atoms with Gasteiger partial charge in [-0.1, -0.05) is 155 Å². The number of rotatable bonds is 36. The molecule has 0 radical (unpaired) electrons.